The number of rotatable bonds is 1. The second-order valence-corrected chi connectivity index (χ2v) is 3.20. The largest absolute Gasteiger partial charge is 0.480 e. The van der Waals surface area contributed by atoms with Gasteiger partial charge in [-0.05, 0) is 24.6 Å². The SMILES string of the molecule is CC1CC=NC1C(=O)O.NC(N)=S. The fraction of sp³-hybridized carbons (Fsp3) is 0.571. The van der Waals surface area contributed by atoms with Crippen LogP contribution in [0, 0.1) is 5.92 Å². The van der Waals surface area contributed by atoms with Crippen LogP contribution < -0.4 is 11.5 Å². The zero-order chi connectivity index (χ0) is 10.4. The molecule has 13 heavy (non-hydrogen) atoms. The maximum Gasteiger partial charge on any atom is 0.328 e. The number of hydrogen-bond donors (Lipinski definition) is 3. The Morgan fingerprint density at radius 2 is 2.15 bits per heavy atom. The summed E-state index contributed by atoms with van der Waals surface area (Å²) < 4.78 is 0. The third kappa shape index (κ3) is 5.13. The Balaban J connectivity index is 0.000000310. The van der Waals surface area contributed by atoms with Gasteiger partial charge >= 0.3 is 5.97 Å². The Bertz CT molecular complexity index is 226. The summed E-state index contributed by atoms with van der Waals surface area (Å²) in [7, 11) is 0. The van der Waals surface area contributed by atoms with Gasteiger partial charge in [-0.2, -0.15) is 0 Å². The van der Waals surface area contributed by atoms with Crippen LogP contribution in [0.5, 0.6) is 0 Å². The molecule has 74 valence electrons. The number of aliphatic carboxylic acids is 1. The molecule has 6 heteroatoms. The lowest BCUT2D eigenvalue weighted by molar-refractivity contribution is -0.139. The third-order valence-corrected chi connectivity index (χ3v) is 1.54. The molecule has 0 aliphatic carbocycles. The highest BCUT2D eigenvalue weighted by atomic mass is 32.1. The molecule has 0 radical (unpaired) electrons. The number of thiocarbonyl (C=S) groups is 1. The van der Waals surface area contributed by atoms with E-state index in [1.807, 2.05) is 6.92 Å². The molecule has 0 fully saturated rings. The van der Waals surface area contributed by atoms with Gasteiger partial charge in [0.1, 0.15) is 6.04 Å². The van der Waals surface area contributed by atoms with E-state index in [0.717, 1.165) is 6.42 Å². The normalized spacial score (nSPS) is 24.7. The quantitative estimate of drug-likeness (QED) is 0.509. The topological polar surface area (TPSA) is 102 Å². The molecule has 1 aliphatic rings. The first kappa shape index (κ1) is 11.8. The van der Waals surface area contributed by atoms with Crippen LogP contribution in [-0.4, -0.2) is 28.4 Å². The number of carbonyl (C=O) groups is 1. The van der Waals surface area contributed by atoms with Gasteiger partial charge in [0, 0.05) is 6.21 Å². The second kappa shape index (κ2) is 5.47. The first-order valence-electron chi connectivity index (χ1n) is 3.74. The van der Waals surface area contributed by atoms with Crippen molar-refractivity contribution in [2.75, 3.05) is 0 Å². The van der Waals surface area contributed by atoms with E-state index in [1.165, 1.54) is 0 Å². The summed E-state index contributed by atoms with van der Waals surface area (Å²) in [5.74, 6) is -0.626. The average Bonchev–Trinajstić information content (AvgIpc) is 2.33. The van der Waals surface area contributed by atoms with Crippen LogP contribution in [0.2, 0.25) is 0 Å². The van der Waals surface area contributed by atoms with Gasteiger partial charge in [-0.15, -0.1) is 0 Å². The molecule has 0 aromatic rings. The summed E-state index contributed by atoms with van der Waals surface area (Å²) in [5.41, 5.74) is 9.24. The van der Waals surface area contributed by atoms with Crippen molar-refractivity contribution in [3.05, 3.63) is 0 Å². The summed E-state index contributed by atoms with van der Waals surface area (Å²) >= 11 is 4.09. The molecule has 2 atom stereocenters. The third-order valence-electron chi connectivity index (χ3n) is 1.54. The molecule has 0 saturated heterocycles. The molecular formula is C7H13N3O2S. The monoisotopic (exact) mass is 203 g/mol. The smallest absolute Gasteiger partial charge is 0.328 e. The first-order chi connectivity index (χ1) is 5.95. The van der Waals surface area contributed by atoms with Crippen LogP contribution in [0.1, 0.15) is 13.3 Å². The minimum Gasteiger partial charge on any atom is -0.480 e. The highest BCUT2D eigenvalue weighted by Gasteiger charge is 2.25. The van der Waals surface area contributed by atoms with Crippen LogP contribution in [0.3, 0.4) is 0 Å². The van der Waals surface area contributed by atoms with Gasteiger partial charge in [-0.25, -0.2) is 4.79 Å². The number of carboxylic acid groups (broad SMARTS) is 1. The van der Waals surface area contributed by atoms with Crippen molar-refractivity contribution in [2.45, 2.75) is 19.4 Å². The van der Waals surface area contributed by atoms with Gasteiger partial charge in [0.15, 0.2) is 5.11 Å². The summed E-state index contributed by atoms with van der Waals surface area (Å²) in [6.07, 6.45) is 2.49. The van der Waals surface area contributed by atoms with Gasteiger partial charge in [0.25, 0.3) is 0 Å². The predicted molar refractivity (Wildman–Crippen MR) is 54.7 cm³/mol. The van der Waals surface area contributed by atoms with Crippen LogP contribution in [0.15, 0.2) is 4.99 Å². The lowest BCUT2D eigenvalue weighted by atomic mass is 10.0. The zero-order valence-corrected chi connectivity index (χ0v) is 8.12. The number of nitrogens with two attached hydrogens (primary N) is 2. The Kier molecular flexibility index (Phi) is 4.98. The number of nitrogens with zero attached hydrogens (tertiary/aromatic N) is 1. The standard InChI is InChI=1S/C6H9NO2.CH4N2S/c1-4-2-3-7-5(4)6(8)9;2-1(3)4/h3-5H,2H2,1H3,(H,8,9);(H4,2,3,4). The highest BCUT2D eigenvalue weighted by molar-refractivity contribution is 7.80. The summed E-state index contributed by atoms with van der Waals surface area (Å²) in [6.45, 7) is 1.89. The van der Waals surface area contributed by atoms with Crippen LogP contribution >= 0.6 is 12.2 Å². The zero-order valence-electron chi connectivity index (χ0n) is 7.30. The molecule has 0 aromatic heterocycles. The van der Waals surface area contributed by atoms with Gasteiger partial charge in [0.05, 0.1) is 0 Å². The van der Waals surface area contributed by atoms with Crippen LogP contribution in [0.4, 0.5) is 0 Å². The van der Waals surface area contributed by atoms with Gasteiger partial charge < -0.3 is 16.6 Å². The van der Waals surface area contributed by atoms with Crippen LogP contribution in [-0.2, 0) is 4.79 Å². The van der Waals surface area contributed by atoms with E-state index < -0.39 is 12.0 Å². The van der Waals surface area contributed by atoms with E-state index >= 15 is 0 Å². The fourth-order valence-electron chi connectivity index (χ4n) is 0.924. The number of carboxylic acids is 1. The molecule has 1 rings (SSSR count). The molecule has 1 heterocycles. The van der Waals surface area contributed by atoms with Gasteiger partial charge in [-0.1, -0.05) is 6.92 Å². The summed E-state index contributed by atoms with van der Waals surface area (Å²) in [5, 5.41) is 8.47. The molecule has 0 spiro atoms. The van der Waals surface area contributed by atoms with Crippen molar-refractivity contribution < 1.29 is 9.90 Å². The van der Waals surface area contributed by atoms with E-state index in [1.54, 1.807) is 6.21 Å². The summed E-state index contributed by atoms with van der Waals surface area (Å²) in [6, 6.07) is -0.481. The van der Waals surface area contributed by atoms with Crippen molar-refractivity contribution in [1.82, 2.24) is 0 Å². The molecule has 2 unspecified atom stereocenters. The average molecular weight is 203 g/mol. The van der Waals surface area contributed by atoms with Gasteiger partial charge in [0.2, 0.25) is 0 Å². The lowest BCUT2D eigenvalue weighted by Gasteiger charge is -2.05. The van der Waals surface area contributed by atoms with E-state index in [-0.39, 0.29) is 11.0 Å². The predicted octanol–water partition coefficient (Wildman–Crippen LogP) is -0.261. The molecule has 0 aromatic carbocycles. The van der Waals surface area contributed by atoms with E-state index in [4.69, 9.17) is 5.11 Å². The molecule has 5 nitrogen and oxygen atoms in total. The Labute approximate surface area is 81.8 Å². The minimum absolute atomic E-state index is 0.000000000000000222. The van der Waals surface area contributed by atoms with Crippen molar-refractivity contribution in [1.29, 1.82) is 0 Å². The molecule has 5 N–H and O–H groups in total. The van der Waals surface area contributed by atoms with E-state index in [0.29, 0.717) is 0 Å². The number of aliphatic imine (C=N–C) groups is 1. The number of hydrogen-bond acceptors (Lipinski definition) is 3. The Hall–Kier alpha value is -1.17. The van der Waals surface area contributed by atoms with E-state index in [9.17, 15) is 4.79 Å². The Morgan fingerprint density at radius 1 is 1.69 bits per heavy atom. The highest BCUT2D eigenvalue weighted by Crippen LogP contribution is 2.16. The fourth-order valence-corrected chi connectivity index (χ4v) is 0.924. The lowest BCUT2D eigenvalue weighted by Crippen LogP contribution is -2.21. The molecule has 0 amide bonds. The van der Waals surface area contributed by atoms with Crippen molar-refractivity contribution in [2.24, 2.45) is 22.4 Å². The molecule has 1 aliphatic heterocycles. The van der Waals surface area contributed by atoms with E-state index in [2.05, 4.69) is 28.7 Å². The van der Waals surface area contributed by atoms with Crippen molar-refractivity contribution in [3.8, 4) is 0 Å². The first-order valence-corrected chi connectivity index (χ1v) is 4.15. The Morgan fingerprint density at radius 3 is 2.31 bits per heavy atom. The van der Waals surface area contributed by atoms with Crippen molar-refractivity contribution in [3.63, 3.8) is 0 Å². The van der Waals surface area contributed by atoms with Crippen LogP contribution in [0.25, 0.3) is 0 Å². The molecule has 0 bridgehead atoms. The minimum atomic E-state index is -0.809. The van der Waals surface area contributed by atoms with Gasteiger partial charge in [-0.3, -0.25) is 4.99 Å². The molecular weight excluding hydrogens is 190 g/mol. The van der Waals surface area contributed by atoms with Crippen molar-refractivity contribution >= 4 is 29.5 Å². The maximum atomic E-state index is 10.3. The summed E-state index contributed by atoms with van der Waals surface area (Å²) in [4.78, 5) is 14.1. The molecule has 0 saturated carbocycles. The maximum absolute atomic E-state index is 10.3. The second-order valence-electron chi connectivity index (χ2n) is 2.73.